The van der Waals surface area contributed by atoms with Gasteiger partial charge in [0.15, 0.2) is 0 Å². The van der Waals surface area contributed by atoms with Crippen LogP contribution >= 0.6 is 11.3 Å². The maximum absolute atomic E-state index is 5.73. The lowest BCUT2D eigenvalue weighted by Crippen LogP contribution is -1.96. The lowest BCUT2D eigenvalue weighted by atomic mass is 10.1. The first-order valence-electron chi connectivity index (χ1n) is 6.06. The average molecular weight is 246 g/mol. The van der Waals surface area contributed by atoms with Crippen molar-refractivity contribution in [3.05, 3.63) is 40.4 Å². The number of aromatic nitrogens is 1. The molecule has 0 aliphatic heterocycles. The summed E-state index contributed by atoms with van der Waals surface area (Å²) in [7, 11) is 0. The van der Waals surface area contributed by atoms with E-state index in [0.717, 1.165) is 23.5 Å². The number of hydrogen-bond donors (Lipinski definition) is 1. The van der Waals surface area contributed by atoms with Crippen LogP contribution in [0.4, 0.5) is 0 Å². The minimum absolute atomic E-state index is 0.591. The Morgan fingerprint density at radius 2 is 1.82 bits per heavy atom. The molecule has 1 heterocycles. The summed E-state index contributed by atoms with van der Waals surface area (Å²) in [4.78, 5) is 5.87. The second-order valence-corrected chi connectivity index (χ2v) is 5.08. The third-order valence-electron chi connectivity index (χ3n) is 2.91. The first-order valence-corrected chi connectivity index (χ1v) is 6.88. The Labute approximate surface area is 107 Å². The lowest BCUT2D eigenvalue weighted by Gasteiger charge is -1.98. The standard InChI is InChI=1S/C14H18N2S/c1-3-10-5-7-11(8-6-10)14-16-12(4-2)13(9-15)17-14/h5-8H,3-4,9,15H2,1-2H3. The minimum Gasteiger partial charge on any atom is -0.326 e. The van der Waals surface area contributed by atoms with E-state index in [9.17, 15) is 0 Å². The molecule has 17 heavy (non-hydrogen) atoms. The molecule has 3 heteroatoms. The first kappa shape index (κ1) is 12.3. The molecule has 2 nitrogen and oxygen atoms in total. The number of aryl methyl sites for hydroxylation is 2. The Morgan fingerprint density at radius 1 is 1.12 bits per heavy atom. The predicted octanol–water partition coefficient (Wildman–Crippen LogP) is 3.39. The molecule has 0 unspecified atom stereocenters. The van der Waals surface area contributed by atoms with Gasteiger partial charge in [0, 0.05) is 17.0 Å². The van der Waals surface area contributed by atoms with Gasteiger partial charge in [-0.2, -0.15) is 0 Å². The molecule has 0 fully saturated rings. The Hall–Kier alpha value is -1.19. The monoisotopic (exact) mass is 246 g/mol. The van der Waals surface area contributed by atoms with Crippen molar-refractivity contribution in [2.75, 3.05) is 0 Å². The molecule has 1 aromatic heterocycles. The average Bonchev–Trinajstić information content (AvgIpc) is 2.82. The van der Waals surface area contributed by atoms with Crippen LogP contribution in [-0.4, -0.2) is 4.98 Å². The fraction of sp³-hybridized carbons (Fsp3) is 0.357. The van der Waals surface area contributed by atoms with Crippen LogP contribution in [-0.2, 0) is 19.4 Å². The van der Waals surface area contributed by atoms with Gasteiger partial charge in [0.1, 0.15) is 5.01 Å². The van der Waals surface area contributed by atoms with Gasteiger partial charge in [0.25, 0.3) is 0 Å². The molecule has 0 radical (unpaired) electrons. The molecule has 1 aromatic carbocycles. The molecule has 2 rings (SSSR count). The molecular weight excluding hydrogens is 228 g/mol. The fourth-order valence-electron chi connectivity index (χ4n) is 1.83. The highest BCUT2D eigenvalue weighted by Gasteiger charge is 2.09. The molecule has 2 N–H and O–H groups in total. The van der Waals surface area contributed by atoms with Gasteiger partial charge in [-0.3, -0.25) is 0 Å². The minimum atomic E-state index is 0.591. The van der Waals surface area contributed by atoms with Crippen LogP contribution in [0.1, 0.15) is 30.0 Å². The number of thiazole rings is 1. The molecule has 0 saturated heterocycles. The number of benzene rings is 1. The van der Waals surface area contributed by atoms with Crippen molar-refractivity contribution in [3.63, 3.8) is 0 Å². The van der Waals surface area contributed by atoms with Crippen molar-refractivity contribution in [3.8, 4) is 10.6 Å². The van der Waals surface area contributed by atoms with Crippen LogP contribution in [0, 0.1) is 0 Å². The van der Waals surface area contributed by atoms with Gasteiger partial charge in [-0.25, -0.2) is 4.98 Å². The van der Waals surface area contributed by atoms with E-state index in [1.807, 2.05) is 0 Å². The Kier molecular flexibility index (Phi) is 3.92. The summed E-state index contributed by atoms with van der Waals surface area (Å²) in [5, 5.41) is 1.09. The van der Waals surface area contributed by atoms with Crippen LogP contribution < -0.4 is 5.73 Å². The maximum atomic E-state index is 5.73. The molecule has 0 saturated carbocycles. The second kappa shape index (κ2) is 5.43. The SMILES string of the molecule is CCc1ccc(-c2nc(CC)c(CN)s2)cc1. The molecule has 2 aromatic rings. The van der Waals surface area contributed by atoms with Crippen molar-refractivity contribution in [2.45, 2.75) is 33.2 Å². The molecule has 0 aliphatic carbocycles. The molecule has 0 amide bonds. The van der Waals surface area contributed by atoms with E-state index >= 15 is 0 Å². The molecule has 0 atom stereocenters. The van der Waals surface area contributed by atoms with Gasteiger partial charge in [0.2, 0.25) is 0 Å². The number of rotatable bonds is 4. The van der Waals surface area contributed by atoms with E-state index < -0.39 is 0 Å². The summed E-state index contributed by atoms with van der Waals surface area (Å²) in [6, 6.07) is 8.64. The van der Waals surface area contributed by atoms with E-state index in [1.54, 1.807) is 11.3 Å². The summed E-state index contributed by atoms with van der Waals surface area (Å²) in [6.07, 6.45) is 2.03. The van der Waals surface area contributed by atoms with E-state index in [-0.39, 0.29) is 0 Å². The van der Waals surface area contributed by atoms with Gasteiger partial charge in [-0.05, 0) is 18.4 Å². The highest BCUT2D eigenvalue weighted by atomic mass is 32.1. The van der Waals surface area contributed by atoms with Crippen molar-refractivity contribution in [2.24, 2.45) is 5.73 Å². The summed E-state index contributed by atoms with van der Waals surface area (Å²) >= 11 is 1.71. The third-order valence-corrected chi connectivity index (χ3v) is 4.08. The number of nitrogens with two attached hydrogens (primary N) is 1. The smallest absolute Gasteiger partial charge is 0.123 e. The third kappa shape index (κ3) is 2.56. The Bertz CT molecular complexity index is 464. The zero-order chi connectivity index (χ0) is 12.3. The zero-order valence-electron chi connectivity index (χ0n) is 10.4. The number of hydrogen-bond acceptors (Lipinski definition) is 3. The Balaban J connectivity index is 2.35. The van der Waals surface area contributed by atoms with Gasteiger partial charge in [0.05, 0.1) is 5.69 Å². The van der Waals surface area contributed by atoms with E-state index in [1.165, 1.54) is 16.0 Å². The van der Waals surface area contributed by atoms with Gasteiger partial charge < -0.3 is 5.73 Å². The summed E-state index contributed by atoms with van der Waals surface area (Å²) in [5.74, 6) is 0. The largest absolute Gasteiger partial charge is 0.326 e. The van der Waals surface area contributed by atoms with E-state index in [4.69, 9.17) is 5.73 Å². The zero-order valence-corrected chi connectivity index (χ0v) is 11.2. The molecule has 0 spiro atoms. The van der Waals surface area contributed by atoms with Crippen LogP contribution in [0.3, 0.4) is 0 Å². The second-order valence-electron chi connectivity index (χ2n) is 4.00. The van der Waals surface area contributed by atoms with Crippen LogP contribution in [0.25, 0.3) is 10.6 Å². The fourth-order valence-corrected chi connectivity index (χ4v) is 2.86. The maximum Gasteiger partial charge on any atom is 0.123 e. The molecular formula is C14H18N2S. The van der Waals surface area contributed by atoms with E-state index in [0.29, 0.717) is 6.54 Å². The van der Waals surface area contributed by atoms with Crippen LogP contribution in [0.15, 0.2) is 24.3 Å². The van der Waals surface area contributed by atoms with Gasteiger partial charge in [-0.1, -0.05) is 38.1 Å². The summed E-state index contributed by atoms with van der Waals surface area (Å²) < 4.78 is 0. The highest BCUT2D eigenvalue weighted by molar-refractivity contribution is 7.15. The van der Waals surface area contributed by atoms with Crippen LogP contribution in [0.5, 0.6) is 0 Å². The predicted molar refractivity (Wildman–Crippen MR) is 74.2 cm³/mol. The van der Waals surface area contributed by atoms with E-state index in [2.05, 4.69) is 43.1 Å². The normalized spacial score (nSPS) is 10.8. The van der Waals surface area contributed by atoms with Gasteiger partial charge >= 0.3 is 0 Å². The van der Waals surface area contributed by atoms with Crippen LogP contribution in [0.2, 0.25) is 0 Å². The molecule has 90 valence electrons. The quantitative estimate of drug-likeness (QED) is 0.898. The van der Waals surface area contributed by atoms with Crippen molar-refractivity contribution in [1.29, 1.82) is 0 Å². The van der Waals surface area contributed by atoms with Crippen molar-refractivity contribution in [1.82, 2.24) is 4.98 Å². The lowest BCUT2D eigenvalue weighted by molar-refractivity contribution is 0.989. The number of nitrogens with zero attached hydrogens (tertiary/aromatic N) is 1. The summed E-state index contributed by atoms with van der Waals surface area (Å²) in [6.45, 7) is 4.88. The first-order chi connectivity index (χ1) is 8.28. The molecule has 0 bridgehead atoms. The topological polar surface area (TPSA) is 38.9 Å². The van der Waals surface area contributed by atoms with Crippen molar-refractivity contribution < 1.29 is 0 Å². The Morgan fingerprint density at radius 3 is 2.29 bits per heavy atom. The molecule has 0 aliphatic rings. The van der Waals surface area contributed by atoms with Crippen molar-refractivity contribution >= 4 is 11.3 Å². The summed E-state index contributed by atoms with van der Waals surface area (Å²) in [5.41, 5.74) is 9.44. The van der Waals surface area contributed by atoms with Gasteiger partial charge in [-0.15, -0.1) is 11.3 Å². The highest BCUT2D eigenvalue weighted by Crippen LogP contribution is 2.28.